The number of aromatic nitrogens is 1. The lowest BCUT2D eigenvalue weighted by atomic mass is 9.63. The number of para-hydroxylation sites is 1. The minimum absolute atomic E-state index is 0.164. The first-order valence-electron chi connectivity index (χ1n) is 9.82. The third-order valence-corrected chi connectivity index (χ3v) is 7.08. The molecule has 2 unspecified atom stereocenters. The van der Waals surface area contributed by atoms with Gasteiger partial charge < -0.3 is 15.2 Å². The molecule has 0 radical (unpaired) electrons. The Balaban J connectivity index is 1.52. The minimum atomic E-state index is -0.603. The molecule has 3 heterocycles. The van der Waals surface area contributed by atoms with Crippen molar-refractivity contribution in [3.63, 3.8) is 0 Å². The lowest BCUT2D eigenvalue weighted by Crippen LogP contribution is -2.53. The zero-order valence-electron chi connectivity index (χ0n) is 14.9. The average Bonchev–Trinajstić information content (AvgIpc) is 3.05. The summed E-state index contributed by atoms with van der Waals surface area (Å²) in [5, 5.41) is 21.2. The van der Waals surface area contributed by atoms with Crippen molar-refractivity contribution in [2.24, 2.45) is 17.8 Å². The number of carbonyl (C=O) groups excluding carboxylic acids is 1. The molecule has 2 aromatic rings. The number of aliphatic hydroxyl groups is 2. The van der Waals surface area contributed by atoms with Gasteiger partial charge in [0, 0.05) is 35.6 Å². The molecule has 2 aliphatic heterocycles. The molecule has 138 valence electrons. The fourth-order valence-electron chi connectivity index (χ4n) is 5.89. The second-order valence-electron chi connectivity index (χ2n) is 8.28. The van der Waals surface area contributed by atoms with Gasteiger partial charge in [0.2, 0.25) is 0 Å². The standard InChI is InChI=1S/C21H26N2O3/c24-11-19(26)20-15-9-17-21-14(13-3-1-2-4-16(13)22-21)7-8-23(17)10-12(15)5-6-18(20)25/h1-4,12,15,17-18,20,22,24-25H,5-11H2/t12-,15?,17?,18-,20-/m0/s1. The number of Topliss-reactive ketones (excluding diaryl/α,β-unsaturated/α-hetero) is 1. The maximum atomic E-state index is 12.3. The Kier molecular flexibility index (Phi) is 3.92. The number of aromatic amines is 1. The van der Waals surface area contributed by atoms with Crippen molar-refractivity contribution in [3.05, 3.63) is 35.5 Å². The number of ketones is 1. The van der Waals surface area contributed by atoms with Gasteiger partial charge >= 0.3 is 0 Å². The molecule has 5 heteroatoms. The molecule has 5 atom stereocenters. The minimum Gasteiger partial charge on any atom is -0.392 e. The average molecular weight is 354 g/mol. The Morgan fingerprint density at radius 3 is 2.96 bits per heavy atom. The van der Waals surface area contributed by atoms with Gasteiger partial charge in [-0.05, 0) is 49.1 Å². The molecule has 5 nitrogen and oxygen atoms in total. The maximum Gasteiger partial charge on any atom is 0.164 e. The van der Waals surface area contributed by atoms with E-state index in [0.717, 1.165) is 32.4 Å². The van der Waals surface area contributed by atoms with Crippen molar-refractivity contribution in [3.8, 4) is 0 Å². The molecule has 0 spiro atoms. The van der Waals surface area contributed by atoms with Crippen LogP contribution in [0.4, 0.5) is 0 Å². The summed E-state index contributed by atoms with van der Waals surface area (Å²) in [7, 11) is 0. The molecule has 1 saturated carbocycles. The van der Waals surface area contributed by atoms with Crippen LogP contribution < -0.4 is 0 Å². The van der Waals surface area contributed by atoms with Crippen molar-refractivity contribution < 1.29 is 15.0 Å². The number of H-pyrrole nitrogens is 1. The predicted molar refractivity (Wildman–Crippen MR) is 98.7 cm³/mol. The van der Waals surface area contributed by atoms with E-state index < -0.39 is 18.6 Å². The monoisotopic (exact) mass is 354 g/mol. The van der Waals surface area contributed by atoms with E-state index in [4.69, 9.17) is 0 Å². The molecule has 2 fully saturated rings. The highest BCUT2D eigenvalue weighted by Crippen LogP contribution is 2.49. The zero-order valence-corrected chi connectivity index (χ0v) is 14.9. The highest BCUT2D eigenvalue weighted by Gasteiger charge is 2.48. The van der Waals surface area contributed by atoms with E-state index in [-0.39, 0.29) is 17.7 Å². The lowest BCUT2D eigenvalue weighted by Gasteiger charge is -2.51. The van der Waals surface area contributed by atoms with Crippen LogP contribution in [-0.4, -0.2) is 51.7 Å². The summed E-state index contributed by atoms with van der Waals surface area (Å²) in [5.41, 5.74) is 3.90. The highest BCUT2D eigenvalue weighted by atomic mass is 16.3. The van der Waals surface area contributed by atoms with Gasteiger partial charge in [-0.3, -0.25) is 9.69 Å². The van der Waals surface area contributed by atoms with Crippen LogP contribution >= 0.6 is 0 Å². The summed E-state index contributed by atoms with van der Waals surface area (Å²) in [6.45, 7) is 1.59. The van der Waals surface area contributed by atoms with Crippen LogP contribution in [0.2, 0.25) is 0 Å². The van der Waals surface area contributed by atoms with Gasteiger partial charge in [-0.1, -0.05) is 18.2 Å². The molecule has 5 rings (SSSR count). The van der Waals surface area contributed by atoms with Crippen LogP contribution in [0.5, 0.6) is 0 Å². The molecule has 1 aromatic heterocycles. The van der Waals surface area contributed by atoms with E-state index in [9.17, 15) is 15.0 Å². The number of piperidine rings is 1. The van der Waals surface area contributed by atoms with E-state index in [1.54, 1.807) is 0 Å². The van der Waals surface area contributed by atoms with E-state index in [0.29, 0.717) is 12.3 Å². The molecular formula is C21H26N2O3. The number of nitrogens with zero attached hydrogens (tertiary/aromatic N) is 1. The Morgan fingerprint density at radius 2 is 2.12 bits per heavy atom. The summed E-state index contributed by atoms with van der Waals surface area (Å²) in [4.78, 5) is 18.6. The molecular weight excluding hydrogens is 328 g/mol. The summed E-state index contributed by atoms with van der Waals surface area (Å²) in [5.74, 6) is 0.0158. The van der Waals surface area contributed by atoms with Crippen LogP contribution in [0, 0.1) is 17.8 Å². The molecule has 0 bridgehead atoms. The lowest BCUT2D eigenvalue weighted by molar-refractivity contribution is -0.139. The Hall–Kier alpha value is -1.69. The number of fused-ring (bicyclic) bond motifs is 6. The Morgan fingerprint density at radius 1 is 1.27 bits per heavy atom. The smallest absolute Gasteiger partial charge is 0.164 e. The van der Waals surface area contributed by atoms with E-state index in [2.05, 4.69) is 34.1 Å². The molecule has 1 aliphatic carbocycles. The number of hydrogen-bond donors (Lipinski definition) is 3. The number of nitrogens with one attached hydrogen (secondary N) is 1. The van der Waals surface area contributed by atoms with Crippen LogP contribution in [0.15, 0.2) is 24.3 Å². The van der Waals surface area contributed by atoms with E-state index in [1.807, 2.05) is 0 Å². The molecule has 3 aliphatic rings. The zero-order chi connectivity index (χ0) is 17.8. The topological polar surface area (TPSA) is 76.6 Å². The SMILES string of the molecule is O=C(CO)[C@H]1C2CC3c4[nH]c5ccccc5c4CCN3C[C@@H]2CC[C@@H]1O. The summed E-state index contributed by atoms with van der Waals surface area (Å²) in [6, 6.07) is 8.76. The molecule has 0 amide bonds. The van der Waals surface area contributed by atoms with Gasteiger partial charge in [0.05, 0.1) is 12.1 Å². The van der Waals surface area contributed by atoms with Gasteiger partial charge in [-0.25, -0.2) is 0 Å². The molecule has 26 heavy (non-hydrogen) atoms. The number of benzene rings is 1. The summed E-state index contributed by atoms with van der Waals surface area (Å²) < 4.78 is 0. The number of carbonyl (C=O) groups is 1. The van der Waals surface area contributed by atoms with Gasteiger partial charge in [-0.2, -0.15) is 0 Å². The number of hydrogen-bond acceptors (Lipinski definition) is 4. The van der Waals surface area contributed by atoms with E-state index >= 15 is 0 Å². The first kappa shape index (κ1) is 16.5. The van der Waals surface area contributed by atoms with E-state index in [1.165, 1.54) is 22.2 Å². The highest BCUT2D eigenvalue weighted by molar-refractivity contribution is 5.85. The van der Waals surface area contributed by atoms with Gasteiger partial charge in [0.1, 0.15) is 6.61 Å². The normalized spacial score (nSPS) is 34.2. The Labute approximate surface area is 153 Å². The largest absolute Gasteiger partial charge is 0.392 e. The predicted octanol–water partition coefficient (Wildman–Crippen LogP) is 2.04. The first-order chi connectivity index (χ1) is 12.7. The molecule has 3 N–H and O–H groups in total. The fourth-order valence-corrected chi connectivity index (χ4v) is 5.89. The molecule has 1 aromatic carbocycles. The van der Waals surface area contributed by atoms with Crippen molar-refractivity contribution >= 4 is 16.7 Å². The quantitative estimate of drug-likeness (QED) is 0.771. The van der Waals surface area contributed by atoms with Crippen molar-refractivity contribution in [1.82, 2.24) is 9.88 Å². The fraction of sp³-hybridized carbons (Fsp3) is 0.571. The third kappa shape index (κ3) is 2.38. The summed E-state index contributed by atoms with van der Waals surface area (Å²) >= 11 is 0. The second kappa shape index (κ2) is 6.19. The van der Waals surface area contributed by atoms with Gasteiger partial charge in [0.15, 0.2) is 5.78 Å². The summed E-state index contributed by atoms with van der Waals surface area (Å²) in [6.07, 6.45) is 3.00. The maximum absolute atomic E-state index is 12.3. The third-order valence-electron chi connectivity index (χ3n) is 7.08. The number of aliphatic hydroxyl groups excluding tert-OH is 2. The van der Waals surface area contributed by atoms with Crippen LogP contribution in [0.3, 0.4) is 0 Å². The Bertz CT molecular complexity index is 845. The van der Waals surface area contributed by atoms with Crippen molar-refractivity contribution in [2.45, 2.75) is 37.8 Å². The van der Waals surface area contributed by atoms with Crippen LogP contribution in [0.1, 0.15) is 36.6 Å². The van der Waals surface area contributed by atoms with Crippen molar-refractivity contribution in [2.75, 3.05) is 19.7 Å². The molecule has 1 saturated heterocycles. The van der Waals surface area contributed by atoms with Crippen molar-refractivity contribution in [1.29, 1.82) is 0 Å². The first-order valence-corrected chi connectivity index (χ1v) is 9.82. The van der Waals surface area contributed by atoms with Gasteiger partial charge in [0.25, 0.3) is 0 Å². The van der Waals surface area contributed by atoms with Crippen LogP contribution in [0.25, 0.3) is 10.9 Å². The van der Waals surface area contributed by atoms with Crippen LogP contribution in [-0.2, 0) is 11.2 Å². The van der Waals surface area contributed by atoms with Gasteiger partial charge in [-0.15, -0.1) is 0 Å². The second-order valence-corrected chi connectivity index (χ2v) is 8.28. The number of rotatable bonds is 2.